The highest BCUT2D eigenvalue weighted by Gasteiger charge is 2.47. The van der Waals surface area contributed by atoms with Gasteiger partial charge < -0.3 is 10.2 Å². The summed E-state index contributed by atoms with van der Waals surface area (Å²) in [5.41, 5.74) is 2.63. The highest BCUT2D eigenvalue weighted by molar-refractivity contribution is 5.77. The second kappa shape index (κ2) is 7.62. The van der Waals surface area contributed by atoms with Gasteiger partial charge in [0, 0.05) is 30.8 Å². The lowest BCUT2D eigenvalue weighted by atomic mass is 9.67. The van der Waals surface area contributed by atoms with Crippen LogP contribution in [0.15, 0.2) is 48.7 Å². The van der Waals surface area contributed by atoms with Crippen molar-refractivity contribution >= 4 is 12.1 Å². The van der Waals surface area contributed by atoms with Crippen LogP contribution in [-0.2, 0) is 0 Å². The molecule has 3 unspecified atom stereocenters. The van der Waals surface area contributed by atoms with Crippen LogP contribution in [0.1, 0.15) is 31.4 Å². The van der Waals surface area contributed by atoms with Gasteiger partial charge in [-0.3, -0.25) is 4.98 Å². The number of pyridine rings is 1. The van der Waals surface area contributed by atoms with E-state index < -0.39 is 0 Å². The summed E-state index contributed by atoms with van der Waals surface area (Å²) in [7, 11) is 0. The Bertz CT molecular complexity index is 926. The first-order valence-electron chi connectivity index (χ1n) is 10.6. The van der Waals surface area contributed by atoms with Gasteiger partial charge in [0.1, 0.15) is 5.82 Å². The van der Waals surface area contributed by atoms with E-state index >= 15 is 0 Å². The molecule has 1 saturated carbocycles. The van der Waals surface area contributed by atoms with Crippen LogP contribution in [0.25, 0.3) is 17.2 Å². The number of halogens is 1. The van der Waals surface area contributed by atoms with E-state index in [2.05, 4.69) is 27.4 Å². The first-order valence-corrected chi connectivity index (χ1v) is 10.6. The molecule has 5 heteroatoms. The predicted octanol–water partition coefficient (Wildman–Crippen LogP) is 4.73. The molecule has 29 heavy (non-hydrogen) atoms. The van der Waals surface area contributed by atoms with Gasteiger partial charge in [0.2, 0.25) is 0 Å². The number of rotatable bonds is 3. The molecule has 1 aliphatic carbocycles. The highest BCUT2D eigenvalue weighted by Crippen LogP contribution is 2.44. The normalized spacial score (nSPS) is 28.9. The SMILES string of the molecule is O=C1NC[C@@H]2C(/C=C/c3ccc(-c4cccc(F)c4)cn3)C3CCCCC3CN12. The van der Waals surface area contributed by atoms with Crippen LogP contribution in [-0.4, -0.2) is 35.0 Å². The molecule has 1 aromatic heterocycles. The van der Waals surface area contributed by atoms with Crippen LogP contribution in [0.3, 0.4) is 0 Å². The van der Waals surface area contributed by atoms with E-state index in [1.165, 1.54) is 37.8 Å². The molecule has 0 radical (unpaired) electrons. The van der Waals surface area contributed by atoms with Crippen molar-refractivity contribution < 1.29 is 9.18 Å². The Hall–Kier alpha value is -2.69. The molecule has 4 nitrogen and oxygen atoms in total. The van der Waals surface area contributed by atoms with E-state index in [1.807, 2.05) is 18.2 Å². The number of urea groups is 1. The van der Waals surface area contributed by atoms with Crippen molar-refractivity contribution in [3.05, 3.63) is 60.2 Å². The molecule has 4 atom stereocenters. The number of carbonyl (C=O) groups is 1. The third kappa shape index (κ3) is 3.54. The number of benzene rings is 1. The van der Waals surface area contributed by atoms with Crippen molar-refractivity contribution in [2.75, 3.05) is 13.1 Å². The summed E-state index contributed by atoms with van der Waals surface area (Å²) in [6, 6.07) is 10.9. The van der Waals surface area contributed by atoms with Crippen LogP contribution in [0, 0.1) is 23.6 Å². The number of hydrogen-bond acceptors (Lipinski definition) is 2. The minimum Gasteiger partial charge on any atom is -0.336 e. The van der Waals surface area contributed by atoms with E-state index in [9.17, 15) is 9.18 Å². The summed E-state index contributed by atoms with van der Waals surface area (Å²) in [5.74, 6) is 1.40. The Morgan fingerprint density at radius 3 is 2.86 bits per heavy atom. The molecule has 0 spiro atoms. The topological polar surface area (TPSA) is 45.2 Å². The molecule has 1 N–H and O–H groups in total. The Balaban J connectivity index is 1.37. The molecule has 3 fully saturated rings. The summed E-state index contributed by atoms with van der Waals surface area (Å²) >= 11 is 0. The largest absolute Gasteiger partial charge is 0.336 e. The third-order valence-corrected chi connectivity index (χ3v) is 6.89. The average molecular weight is 391 g/mol. The fraction of sp³-hybridized carbons (Fsp3) is 0.417. The van der Waals surface area contributed by atoms with Gasteiger partial charge >= 0.3 is 6.03 Å². The number of fused-ring (bicyclic) bond motifs is 2. The zero-order valence-corrected chi connectivity index (χ0v) is 16.4. The fourth-order valence-electron chi connectivity index (χ4n) is 5.45. The molecule has 2 aliphatic heterocycles. The van der Waals surface area contributed by atoms with Crippen molar-refractivity contribution in [2.24, 2.45) is 17.8 Å². The van der Waals surface area contributed by atoms with E-state index in [0.717, 1.165) is 29.9 Å². The molecule has 1 aromatic carbocycles. The second-order valence-corrected chi connectivity index (χ2v) is 8.53. The third-order valence-electron chi connectivity index (χ3n) is 6.89. The lowest BCUT2D eigenvalue weighted by molar-refractivity contribution is 0.0472. The lowest BCUT2D eigenvalue weighted by Gasteiger charge is -2.47. The summed E-state index contributed by atoms with van der Waals surface area (Å²) in [6.45, 7) is 1.65. The fourth-order valence-corrected chi connectivity index (χ4v) is 5.45. The number of amides is 2. The van der Waals surface area contributed by atoms with E-state index in [4.69, 9.17) is 0 Å². The lowest BCUT2D eigenvalue weighted by Crippen LogP contribution is -2.52. The van der Waals surface area contributed by atoms with Crippen molar-refractivity contribution in [3.8, 4) is 11.1 Å². The summed E-state index contributed by atoms with van der Waals surface area (Å²) < 4.78 is 13.5. The number of nitrogens with zero attached hydrogens (tertiary/aromatic N) is 2. The van der Waals surface area contributed by atoms with E-state index in [-0.39, 0.29) is 17.9 Å². The molecular formula is C24H26FN3O. The van der Waals surface area contributed by atoms with Gasteiger partial charge in [-0.2, -0.15) is 0 Å². The predicted molar refractivity (Wildman–Crippen MR) is 111 cm³/mol. The number of nitrogens with one attached hydrogen (secondary N) is 1. The van der Waals surface area contributed by atoms with Gasteiger partial charge in [-0.05, 0) is 54.5 Å². The Morgan fingerprint density at radius 2 is 2.03 bits per heavy atom. The van der Waals surface area contributed by atoms with Crippen molar-refractivity contribution in [3.63, 3.8) is 0 Å². The second-order valence-electron chi connectivity index (χ2n) is 8.53. The number of aromatic nitrogens is 1. The van der Waals surface area contributed by atoms with Crippen molar-refractivity contribution in [1.29, 1.82) is 0 Å². The van der Waals surface area contributed by atoms with Gasteiger partial charge in [0.25, 0.3) is 0 Å². The smallest absolute Gasteiger partial charge is 0.317 e. The zero-order valence-electron chi connectivity index (χ0n) is 16.4. The molecular weight excluding hydrogens is 365 g/mol. The summed E-state index contributed by atoms with van der Waals surface area (Å²) in [5, 5.41) is 3.04. The molecule has 3 aliphatic rings. The minimum atomic E-state index is -0.241. The molecule has 150 valence electrons. The molecule has 2 amide bonds. The number of piperidine rings is 1. The van der Waals surface area contributed by atoms with Crippen LogP contribution < -0.4 is 5.32 Å². The molecule has 3 heterocycles. The Kier molecular flexibility index (Phi) is 4.82. The van der Waals surface area contributed by atoms with Crippen molar-refractivity contribution in [2.45, 2.75) is 31.7 Å². The van der Waals surface area contributed by atoms with Gasteiger partial charge in [-0.15, -0.1) is 0 Å². The van der Waals surface area contributed by atoms with Gasteiger partial charge in [-0.25, -0.2) is 9.18 Å². The van der Waals surface area contributed by atoms with Crippen LogP contribution >= 0.6 is 0 Å². The van der Waals surface area contributed by atoms with E-state index in [0.29, 0.717) is 17.8 Å². The standard InChI is InChI=1S/C24H26FN3O/c25-19-6-3-5-16(12-19)17-8-9-20(26-13-17)10-11-22-21-7-2-1-4-18(21)15-28-23(22)14-27-24(28)29/h3,5-6,8-13,18,21-23H,1-2,4,7,14-15H2,(H,27,29)/b11-10+/t18?,21?,22?,23-/m1/s1. The maximum Gasteiger partial charge on any atom is 0.317 e. The summed E-state index contributed by atoms with van der Waals surface area (Å²) in [6.07, 6.45) is 11.2. The van der Waals surface area contributed by atoms with Gasteiger partial charge in [-0.1, -0.05) is 37.1 Å². The van der Waals surface area contributed by atoms with Crippen LogP contribution in [0.4, 0.5) is 9.18 Å². The Labute approximate surface area is 170 Å². The molecule has 5 rings (SSSR count). The quantitative estimate of drug-likeness (QED) is 0.822. The monoisotopic (exact) mass is 391 g/mol. The summed E-state index contributed by atoms with van der Waals surface area (Å²) in [4.78, 5) is 18.9. The maximum absolute atomic E-state index is 13.5. The minimum absolute atomic E-state index is 0.0926. The van der Waals surface area contributed by atoms with Gasteiger partial charge in [0.15, 0.2) is 0 Å². The van der Waals surface area contributed by atoms with Crippen molar-refractivity contribution in [1.82, 2.24) is 15.2 Å². The average Bonchev–Trinajstić information content (AvgIpc) is 3.12. The molecule has 0 bridgehead atoms. The zero-order chi connectivity index (χ0) is 19.8. The number of carbonyl (C=O) groups excluding carboxylic acids is 1. The first kappa shape index (κ1) is 18.3. The van der Waals surface area contributed by atoms with Crippen LogP contribution in [0.2, 0.25) is 0 Å². The number of hydrogen-bond donors (Lipinski definition) is 1. The molecule has 2 saturated heterocycles. The Morgan fingerprint density at radius 1 is 1.14 bits per heavy atom. The van der Waals surface area contributed by atoms with Gasteiger partial charge in [0.05, 0.1) is 11.7 Å². The first-order chi connectivity index (χ1) is 14.2. The van der Waals surface area contributed by atoms with E-state index in [1.54, 1.807) is 12.3 Å². The maximum atomic E-state index is 13.5. The highest BCUT2D eigenvalue weighted by atomic mass is 19.1. The molecule has 2 aromatic rings. The van der Waals surface area contributed by atoms with Crippen LogP contribution in [0.5, 0.6) is 0 Å².